The van der Waals surface area contributed by atoms with Gasteiger partial charge in [0, 0.05) is 11.1 Å². The van der Waals surface area contributed by atoms with E-state index in [1.807, 2.05) is 26.0 Å². The van der Waals surface area contributed by atoms with Crippen molar-refractivity contribution >= 4 is 23.2 Å². The van der Waals surface area contributed by atoms with Gasteiger partial charge in [0.2, 0.25) is 0 Å². The minimum absolute atomic E-state index is 0.0795. The second kappa shape index (κ2) is 6.48. The smallest absolute Gasteiger partial charge is 0.193 e. The summed E-state index contributed by atoms with van der Waals surface area (Å²) in [7, 11) is 1.57. The first-order chi connectivity index (χ1) is 8.88. The van der Waals surface area contributed by atoms with Crippen LogP contribution in [0, 0.1) is 5.41 Å². The Balaban J connectivity index is 2.71. The van der Waals surface area contributed by atoms with Gasteiger partial charge in [0.15, 0.2) is 5.96 Å². The van der Waals surface area contributed by atoms with Gasteiger partial charge in [-0.05, 0) is 18.2 Å². The molecule has 0 bridgehead atoms. The topological polar surface area (TPSA) is 59.6 Å². The highest BCUT2D eigenvalue weighted by Gasteiger charge is 2.11. The van der Waals surface area contributed by atoms with Crippen molar-refractivity contribution < 1.29 is 4.74 Å². The number of nitrogens with two attached hydrogens (primary N) is 1. The van der Waals surface area contributed by atoms with Crippen molar-refractivity contribution in [1.29, 1.82) is 0 Å². The molecule has 3 N–H and O–H groups in total. The SMILES string of the molecule is C=CC(C)(C)CN=C(N)Nc1ccc(OC)c(Cl)c1. The summed E-state index contributed by atoms with van der Waals surface area (Å²) in [5.74, 6) is 0.965. The van der Waals surface area contributed by atoms with Crippen molar-refractivity contribution in [3.05, 3.63) is 35.9 Å². The number of hydrogen-bond donors (Lipinski definition) is 2. The van der Waals surface area contributed by atoms with Crippen molar-refractivity contribution in [2.45, 2.75) is 13.8 Å². The van der Waals surface area contributed by atoms with Gasteiger partial charge in [0.1, 0.15) is 5.75 Å². The molecule has 0 saturated carbocycles. The van der Waals surface area contributed by atoms with Crippen LogP contribution in [-0.4, -0.2) is 19.6 Å². The summed E-state index contributed by atoms with van der Waals surface area (Å²) in [6, 6.07) is 5.33. The van der Waals surface area contributed by atoms with Gasteiger partial charge in [0.25, 0.3) is 0 Å². The largest absolute Gasteiger partial charge is 0.495 e. The third-order valence-electron chi connectivity index (χ3n) is 2.63. The third-order valence-corrected chi connectivity index (χ3v) is 2.93. The van der Waals surface area contributed by atoms with Crippen LogP contribution >= 0.6 is 11.6 Å². The molecule has 0 aliphatic carbocycles. The average Bonchev–Trinajstić information content (AvgIpc) is 2.37. The van der Waals surface area contributed by atoms with E-state index in [-0.39, 0.29) is 5.41 Å². The van der Waals surface area contributed by atoms with Crippen LogP contribution in [0.2, 0.25) is 5.02 Å². The zero-order chi connectivity index (χ0) is 14.5. The summed E-state index contributed by atoms with van der Waals surface area (Å²) in [5, 5.41) is 3.50. The Labute approximate surface area is 119 Å². The molecule has 0 radical (unpaired) electrons. The lowest BCUT2D eigenvalue weighted by Gasteiger charge is -2.17. The average molecular weight is 282 g/mol. The van der Waals surface area contributed by atoms with Gasteiger partial charge in [-0.1, -0.05) is 31.5 Å². The van der Waals surface area contributed by atoms with Gasteiger partial charge in [0.05, 0.1) is 18.7 Å². The molecule has 0 atom stereocenters. The van der Waals surface area contributed by atoms with E-state index in [1.54, 1.807) is 19.2 Å². The maximum Gasteiger partial charge on any atom is 0.193 e. The van der Waals surface area contributed by atoms with Crippen LogP contribution in [0.1, 0.15) is 13.8 Å². The molecule has 0 saturated heterocycles. The minimum atomic E-state index is -0.0795. The molecule has 1 aromatic rings. The Hall–Kier alpha value is -1.68. The summed E-state index contributed by atoms with van der Waals surface area (Å²) in [6.45, 7) is 8.42. The van der Waals surface area contributed by atoms with E-state index in [4.69, 9.17) is 22.1 Å². The Bertz CT molecular complexity index is 484. The first kappa shape index (κ1) is 15.4. The van der Waals surface area contributed by atoms with Gasteiger partial charge in [-0.2, -0.15) is 0 Å². The van der Waals surface area contributed by atoms with Crippen LogP contribution in [0.5, 0.6) is 5.75 Å². The molecule has 19 heavy (non-hydrogen) atoms. The molecule has 0 aliphatic rings. The third kappa shape index (κ3) is 4.83. The van der Waals surface area contributed by atoms with Gasteiger partial charge in [-0.25, -0.2) is 0 Å². The van der Waals surface area contributed by atoms with Crippen molar-refractivity contribution in [1.82, 2.24) is 0 Å². The van der Waals surface area contributed by atoms with Crippen LogP contribution in [0.3, 0.4) is 0 Å². The molecule has 0 aromatic heterocycles. The second-order valence-corrected chi connectivity index (χ2v) is 5.28. The van der Waals surface area contributed by atoms with E-state index in [1.165, 1.54) is 0 Å². The summed E-state index contributed by atoms with van der Waals surface area (Å²) in [6.07, 6.45) is 1.86. The quantitative estimate of drug-likeness (QED) is 0.495. The highest BCUT2D eigenvalue weighted by molar-refractivity contribution is 6.32. The molecular weight excluding hydrogens is 262 g/mol. The molecule has 0 amide bonds. The monoisotopic (exact) mass is 281 g/mol. The Morgan fingerprint density at radius 3 is 2.79 bits per heavy atom. The highest BCUT2D eigenvalue weighted by atomic mass is 35.5. The fraction of sp³-hybridized carbons (Fsp3) is 0.357. The zero-order valence-electron chi connectivity index (χ0n) is 11.5. The summed E-state index contributed by atoms with van der Waals surface area (Å²) < 4.78 is 5.08. The van der Waals surface area contributed by atoms with Crippen LogP contribution < -0.4 is 15.8 Å². The lowest BCUT2D eigenvalue weighted by Crippen LogP contribution is -2.25. The lowest BCUT2D eigenvalue weighted by molar-refractivity contribution is 0.415. The summed E-state index contributed by atoms with van der Waals surface area (Å²) in [4.78, 5) is 4.27. The van der Waals surface area contributed by atoms with Gasteiger partial charge < -0.3 is 15.8 Å². The molecule has 1 aromatic carbocycles. The number of anilines is 1. The highest BCUT2D eigenvalue weighted by Crippen LogP contribution is 2.27. The number of benzene rings is 1. The molecular formula is C14H20ClN3O. The van der Waals surface area contributed by atoms with Crippen molar-refractivity contribution in [3.63, 3.8) is 0 Å². The molecule has 0 fully saturated rings. The Morgan fingerprint density at radius 1 is 1.58 bits per heavy atom. The predicted octanol–water partition coefficient (Wildman–Crippen LogP) is 3.29. The first-order valence-corrected chi connectivity index (χ1v) is 6.30. The standard InChI is InChI=1S/C14H20ClN3O/c1-5-14(2,3)9-17-13(16)18-10-6-7-12(19-4)11(15)8-10/h5-8H,1,9H2,2-4H3,(H3,16,17,18). The zero-order valence-corrected chi connectivity index (χ0v) is 12.3. The van der Waals surface area contributed by atoms with E-state index in [9.17, 15) is 0 Å². The van der Waals surface area contributed by atoms with Gasteiger partial charge in [-0.3, -0.25) is 4.99 Å². The molecule has 5 heteroatoms. The molecule has 1 rings (SSSR count). The summed E-state index contributed by atoms with van der Waals surface area (Å²) >= 11 is 6.03. The fourth-order valence-corrected chi connectivity index (χ4v) is 1.54. The number of rotatable bonds is 5. The Kier molecular flexibility index (Phi) is 5.24. The van der Waals surface area contributed by atoms with Crippen LogP contribution in [0.4, 0.5) is 5.69 Å². The normalized spacial score (nSPS) is 12.1. The molecule has 0 unspecified atom stereocenters. The van der Waals surface area contributed by atoms with E-state index in [2.05, 4.69) is 16.9 Å². The predicted molar refractivity (Wildman–Crippen MR) is 82.1 cm³/mol. The molecule has 104 valence electrons. The van der Waals surface area contributed by atoms with Gasteiger partial charge >= 0.3 is 0 Å². The number of methoxy groups -OCH3 is 1. The molecule has 0 aliphatic heterocycles. The van der Waals surface area contributed by atoms with Crippen LogP contribution in [0.15, 0.2) is 35.8 Å². The van der Waals surface area contributed by atoms with Crippen molar-refractivity contribution in [2.75, 3.05) is 19.0 Å². The molecule has 0 spiro atoms. The number of aliphatic imine (C=N–C) groups is 1. The Morgan fingerprint density at radius 2 is 2.26 bits per heavy atom. The van der Waals surface area contributed by atoms with Crippen molar-refractivity contribution in [3.8, 4) is 5.75 Å². The minimum Gasteiger partial charge on any atom is -0.495 e. The molecule has 0 heterocycles. The maximum atomic E-state index is 6.03. The van der Waals surface area contributed by atoms with Gasteiger partial charge in [-0.15, -0.1) is 6.58 Å². The summed E-state index contributed by atoms with van der Waals surface area (Å²) in [5.41, 5.74) is 6.51. The number of nitrogens with zero attached hydrogens (tertiary/aromatic N) is 1. The second-order valence-electron chi connectivity index (χ2n) is 4.87. The number of nitrogens with one attached hydrogen (secondary N) is 1. The van der Waals surface area contributed by atoms with Crippen LogP contribution in [0.25, 0.3) is 0 Å². The lowest BCUT2D eigenvalue weighted by atomic mass is 9.94. The number of guanidine groups is 1. The van der Waals surface area contributed by atoms with Crippen LogP contribution in [-0.2, 0) is 0 Å². The van der Waals surface area contributed by atoms with E-state index >= 15 is 0 Å². The number of halogens is 1. The fourth-order valence-electron chi connectivity index (χ4n) is 1.29. The molecule has 4 nitrogen and oxygen atoms in total. The maximum absolute atomic E-state index is 6.03. The van der Waals surface area contributed by atoms with E-state index in [0.717, 1.165) is 5.69 Å². The number of hydrogen-bond acceptors (Lipinski definition) is 2. The van der Waals surface area contributed by atoms with Crippen molar-refractivity contribution in [2.24, 2.45) is 16.1 Å². The number of ether oxygens (including phenoxy) is 1. The first-order valence-electron chi connectivity index (χ1n) is 5.92. The van der Waals surface area contributed by atoms with E-state index < -0.39 is 0 Å². The van der Waals surface area contributed by atoms with E-state index in [0.29, 0.717) is 23.3 Å².